The van der Waals surface area contributed by atoms with E-state index < -0.39 is 17.6 Å². The standard InChI is InChI=1S/C14H10ClF3N2O/c15-11-4-2-1-3-9(11)13(21)20-12-6-5-8(19)7-10(12)14(16,17)18/h1-7H,19H2,(H,20,21). The molecule has 0 bridgehead atoms. The first kappa shape index (κ1) is 15.2. The van der Waals surface area contributed by atoms with Gasteiger partial charge in [0.15, 0.2) is 0 Å². The second-order valence-electron chi connectivity index (χ2n) is 4.24. The summed E-state index contributed by atoms with van der Waals surface area (Å²) in [4.78, 5) is 12.0. The van der Waals surface area contributed by atoms with E-state index in [1.807, 2.05) is 0 Å². The average Bonchev–Trinajstić information content (AvgIpc) is 2.40. The van der Waals surface area contributed by atoms with Crippen LogP contribution in [0.4, 0.5) is 24.5 Å². The Hall–Kier alpha value is -2.21. The average molecular weight is 315 g/mol. The molecule has 0 saturated heterocycles. The minimum absolute atomic E-state index is 0.0435. The van der Waals surface area contributed by atoms with Gasteiger partial charge in [0.1, 0.15) is 0 Å². The van der Waals surface area contributed by atoms with Gasteiger partial charge in [-0.25, -0.2) is 0 Å². The first-order chi connectivity index (χ1) is 9.79. The predicted molar refractivity (Wildman–Crippen MR) is 75.3 cm³/mol. The fourth-order valence-electron chi connectivity index (χ4n) is 1.74. The van der Waals surface area contributed by atoms with E-state index in [4.69, 9.17) is 17.3 Å². The Morgan fingerprint density at radius 2 is 1.81 bits per heavy atom. The molecular formula is C14H10ClF3N2O. The molecule has 110 valence electrons. The molecule has 0 unspecified atom stereocenters. The Balaban J connectivity index is 2.36. The molecule has 0 saturated carbocycles. The van der Waals surface area contributed by atoms with Gasteiger partial charge < -0.3 is 11.1 Å². The van der Waals surface area contributed by atoms with Crippen LogP contribution in [0.5, 0.6) is 0 Å². The number of alkyl halides is 3. The zero-order valence-corrected chi connectivity index (χ0v) is 11.3. The molecule has 21 heavy (non-hydrogen) atoms. The molecule has 0 atom stereocenters. The van der Waals surface area contributed by atoms with Crippen molar-refractivity contribution >= 4 is 28.9 Å². The number of anilines is 2. The van der Waals surface area contributed by atoms with Gasteiger partial charge in [0.05, 0.1) is 21.8 Å². The lowest BCUT2D eigenvalue weighted by molar-refractivity contribution is -0.136. The van der Waals surface area contributed by atoms with E-state index in [9.17, 15) is 18.0 Å². The minimum Gasteiger partial charge on any atom is -0.399 e. The maximum atomic E-state index is 12.9. The molecule has 0 aliphatic rings. The lowest BCUT2D eigenvalue weighted by Crippen LogP contribution is -2.17. The van der Waals surface area contributed by atoms with E-state index in [1.54, 1.807) is 12.1 Å². The largest absolute Gasteiger partial charge is 0.418 e. The molecule has 0 aliphatic heterocycles. The molecule has 2 aromatic rings. The summed E-state index contributed by atoms with van der Waals surface area (Å²) in [5.41, 5.74) is 4.02. The van der Waals surface area contributed by atoms with Crippen LogP contribution < -0.4 is 11.1 Å². The number of nitrogens with two attached hydrogens (primary N) is 1. The quantitative estimate of drug-likeness (QED) is 0.816. The number of amides is 1. The van der Waals surface area contributed by atoms with Crippen LogP contribution in [0.2, 0.25) is 5.02 Å². The summed E-state index contributed by atoms with van der Waals surface area (Å²) >= 11 is 5.84. The number of halogens is 4. The van der Waals surface area contributed by atoms with E-state index in [1.165, 1.54) is 18.2 Å². The van der Waals surface area contributed by atoms with Crippen molar-refractivity contribution in [3.8, 4) is 0 Å². The predicted octanol–water partition coefficient (Wildman–Crippen LogP) is 4.19. The van der Waals surface area contributed by atoms with E-state index in [2.05, 4.69) is 5.32 Å². The fraction of sp³-hybridized carbons (Fsp3) is 0.0714. The lowest BCUT2D eigenvalue weighted by atomic mass is 10.1. The van der Waals surface area contributed by atoms with Crippen LogP contribution in [-0.4, -0.2) is 5.91 Å². The number of hydrogen-bond donors (Lipinski definition) is 2. The van der Waals surface area contributed by atoms with E-state index in [0.29, 0.717) is 0 Å². The fourth-order valence-corrected chi connectivity index (χ4v) is 1.96. The molecule has 0 radical (unpaired) electrons. The van der Waals surface area contributed by atoms with Gasteiger partial charge in [-0.05, 0) is 30.3 Å². The van der Waals surface area contributed by atoms with Crippen molar-refractivity contribution in [2.45, 2.75) is 6.18 Å². The van der Waals surface area contributed by atoms with Gasteiger partial charge in [-0.15, -0.1) is 0 Å². The van der Waals surface area contributed by atoms with Crippen LogP contribution in [0.1, 0.15) is 15.9 Å². The van der Waals surface area contributed by atoms with Gasteiger partial charge in [-0.1, -0.05) is 23.7 Å². The van der Waals surface area contributed by atoms with Crippen LogP contribution >= 0.6 is 11.6 Å². The van der Waals surface area contributed by atoms with Gasteiger partial charge in [-0.3, -0.25) is 4.79 Å². The zero-order valence-electron chi connectivity index (χ0n) is 10.5. The Morgan fingerprint density at radius 1 is 1.14 bits per heavy atom. The van der Waals surface area contributed by atoms with Crippen molar-refractivity contribution in [1.29, 1.82) is 0 Å². The molecule has 1 amide bonds. The first-order valence-electron chi connectivity index (χ1n) is 5.81. The van der Waals surface area contributed by atoms with E-state index in [0.717, 1.165) is 12.1 Å². The second-order valence-corrected chi connectivity index (χ2v) is 4.64. The molecular weight excluding hydrogens is 305 g/mol. The van der Waals surface area contributed by atoms with Crippen LogP contribution in [0, 0.1) is 0 Å². The zero-order chi connectivity index (χ0) is 15.6. The van der Waals surface area contributed by atoms with Gasteiger partial charge in [0, 0.05) is 5.69 Å². The molecule has 7 heteroatoms. The van der Waals surface area contributed by atoms with Crippen LogP contribution in [0.3, 0.4) is 0 Å². The topological polar surface area (TPSA) is 55.1 Å². The number of carbonyl (C=O) groups excluding carboxylic acids is 1. The van der Waals surface area contributed by atoms with Gasteiger partial charge in [0.2, 0.25) is 0 Å². The highest BCUT2D eigenvalue weighted by molar-refractivity contribution is 6.34. The smallest absolute Gasteiger partial charge is 0.399 e. The van der Waals surface area contributed by atoms with Crippen molar-refractivity contribution in [3.05, 3.63) is 58.6 Å². The number of nitrogens with one attached hydrogen (secondary N) is 1. The molecule has 0 fully saturated rings. The van der Waals surface area contributed by atoms with Crippen molar-refractivity contribution in [2.75, 3.05) is 11.1 Å². The Morgan fingerprint density at radius 3 is 2.43 bits per heavy atom. The summed E-state index contributed by atoms with van der Waals surface area (Å²) in [7, 11) is 0. The summed E-state index contributed by atoms with van der Waals surface area (Å²) in [5, 5.41) is 2.35. The normalized spacial score (nSPS) is 11.2. The Bertz CT molecular complexity index is 686. The summed E-state index contributed by atoms with van der Waals surface area (Å²) < 4.78 is 38.8. The molecule has 3 nitrogen and oxygen atoms in total. The molecule has 0 aliphatic carbocycles. The Kier molecular flexibility index (Phi) is 4.09. The molecule has 2 rings (SSSR count). The molecule has 0 aromatic heterocycles. The number of hydrogen-bond acceptors (Lipinski definition) is 2. The summed E-state index contributed by atoms with van der Waals surface area (Å²) in [5.74, 6) is -0.726. The van der Waals surface area contributed by atoms with Crippen molar-refractivity contribution in [3.63, 3.8) is 0 Å². The highest BCUT2D eigenvalue weighted by Gasteiger charge is 2.34. The maximum Gasteiger partial charge on any atom is 0.418 e. The SMILES string of the molecule is Nc1ccc(NC(=O)c2ccccc2Cl)c(C(F)(F)F)c1. The summed E-state index contributed by atoms with van der Waals surface area (Å²) in [6.45, 7) is 0. The van der Waals surface area contributed by atoms with Gasteiger partial charge >= 0.3 is 6.18 Å². The Labute approximate surface area is 123 Å². The highest BCUT2D eigenvalue weighted by Crippen LogP contribution is 2.36. The number of carbonyl (C=O) groups is 1. The second kappa shape index (κ2) is 5.65. The monoisotopic (exact) mass is 314 g/mol. The third-order valence-corrected chi connectivity index (χ3v) is 3.05. The van der Waals surface area contributed by atoms with Crippen LogP contribution in [-0.2, 0) is 6.18 Å². The number of rotatable bonds is 2. The minimum atomic E-state index is -4.63. The van der Waals surface area contributed by atoms with Crippen LogP contribution in [0.25, 0.3) is 0 Å². The maximum absolute atomic E-state index is 12.9. The van der Waals surface area contributed by atoms with Gasteiger partial charge in [-0.2, -0.15) is 13.2 Å². The molecule has 2 aromatic carbocycles. The van der Waals surface area contributed by atoms with Gasteiger partial charge in [0.25, 0.3) is 5.91 Å². The summed E-state index contributed by atoms with van der Waals surface area (Å²) in [6.07, 6.45) is -4.63. The van der Waals surface area contributed by atoms with E-state index >= 15 is 0 Å². The lowest BCUT2D eigenvalue weighted by Gasteiger charge is -2.14. The van der Waals surface area contributed by atoms with E-state index in [-0.39, 0.29) is 22.0 Å². The van der Waals surface area contributed by atoms with Crippen LogP contribution in [0.15, 0.2) is 42.5 Å². The molecule has 0 spiro atoms. The third kappa shape index (κ3) is 3.46. The van der Waals surface area contributed by atoms with Crippen molar-refractivity contribution < 1.29 is 18.0 Å². The van der Waals surface area contributed by atoms with Crippen molar-refractivity contribution in [2.24, 2.45) is 0 Å². The molecule has 0 heterocycles. The number of benzene rings is 2. The third-order valence-electron chi connectivity index (χ3n) is 2.72. The number of nitrogen functional groups attached to an aromatic ring is 1. The highest BCUT2D eigenvalue weighted by atomic mass is 35.5. The first-order valence-corrected chi connectivity index (χ1v) is 6.19. The summed E-state index contributed by atoms with van der Waals surface area (Å²) in [6, 6.07) is 9.22. The van der Waals surface area contributed by atoms with Crippen molar-refractivity contribution in [1.82, 2.24) is 0 Å². The molecule has 3 N–H and O–H groups in total.